The van der Waals surface area contributed by atoms with Gasteiger partial charge in [0.25, 0.3) is 0 Å². The second-order valence-electron chi connectivity index (χ2n) is 3.02. The maximum atomic E-state index is 10.7. The van der Waals surface area contributed by atoms with E-state index in [9.17, 15) is 14.7 Å². The third-order valence-electron chi connectivity index (χ3n) is 1.65. The van der Waals surface area contributed by atoms with Crippen LogP contribution in [0, 0.1) is 12.3 Å². The second-order valence-corrected chi connectivity index (χ2v) is 3.02. The minimum Gasteiger partial charge on any atom is -0.457 e. The van der Waals surface area contributed by atoms with Crippen LogP contribution in [0.3, 0.4) is 0 Å². The van der Waals surface area contributed by atoms with Gasteiger partial charge in [-0.1, -0.05) is 5.92 Å². The molecule has 0 aliphatic heterocycles. The number of hydrogen-bond donors (Lipinski definition) is 2. The predicted octanol–water partition coefficient (Wildman–Crippen LogP) is -1.16. The Balaban J connectivity index is 4.57. The molecule has 3 atom stereocenters. The van der Waals surface area contributed by atoms with E-state index in [1.54, 1.807) is 0 Å². The number of carbonyl (C=O) groups excluding carboxylic acids is 2. The summed E-state index contributed by atoms with van der Waals surface area (Å²) in [5.74, 6) is 0.663. The Morgan fingerprint density at radius 2 is 1.81 bits per heavy atom. The normalized spacial score (nSPS) is 15.4. The van der Waals surface area contributed by atoms with Gasteiger partial charge in [-0.3, -0.25) is 9.59 Å². The lowest BCUT2D eigenvalue weighted by atomic mass is 10.1. The molecule has 0 aliphatic carbocycles. The van der Waals surface area contributed by atoms with E-state index in [1.165, 1.54) is 0 Å². The molecule has 16 heavy (non-hydrogen) atoms. The summed E-state index contributed by atoms with van der Waals surface area (Å²) < 4.78 is 9.20. The van der Waals surface area contributed by atoms with Crippen LogP contribution in [0.4, 0.5) is 0 Å². The molecule has 0 saturated carbocycles. The second kappa shape index (κ2) is 6.82. The standard InChI is InChI=1S/C10H14O6/c1-4-8(15-6(2)12)10(14)9(5-11)16-7(3)13/h1,8-11,14H,5H2,2-3H3/t8-,9+,10-/m0/s1. The fraction of sp³-hybridized carbons (Fsp3) is 0.600. The van der Waals surface area contributed by atoms with Crippen LogP contribution >= 0.6 is 0 Å². The molecule has 0 unspecified atom stereocenters. The summed E-state index contributed by atoms with van der Waals surface area (Å²) in [6.45, 7) is 1.61. The fourth-order valence-electron chi connectivity index (χ4n) is 1.00. The molecule has 0 amide bonds. The largest absolute Gasteiger partial charge is 0.457 e. The number of aliphatic hydroxyl groups is 2. The van der Waals surface area contributed by atoms with Gasteiger partial charge in [-0.2, -0.15) is 0 Å². The highest BCUT2D eigenvalue weighted by molar-refractivity contribution is 5.67. The number of terminal acetylenes is 1. The van der Waals surface area contributed by atoms with Crippen LogP contribution in [0.25, 0.3) is 0 Å². The van der Waals surface area contributed by atoms with E-state index in [1.807, 2.05) is 5.92 Å². The lowest BCUT2D eigenvalue weighted by Crippen LogP contribution is -2.43. The van der Waals surface area contributed by atoms with Crippen LogP contribution in [0.1, 0.15) is 13.8 Å². The average molecular weight is 230 g/mol. The monoisotopic (exact) mass is 230 g/mol. The Labute approximate surface area is 93.2 Å². The first kappa shape index (κ1) is 14.4. The van der Waals surface area contributed by atoms with E-state index < -0.39 is 36.9 Å². The molecule has 6 nitrogen and oxygen atoms in total. The van der Waals surface area contributed by atoms with Gasteiger partial charge < -0.3 is 19.7 Å². The molecule has 90 valence electrons. The van der Waals surface area contributed by atoms with Gasteiger partial charge in [-0.05, 0) is 0 Å². The van der Waals surface area contributed by atoms with Crippen molar-refractivity contribution in [2.45, 2.75) is 32.2 Å². The van der Waals surface area contributed by atoms with Crippen LogP contribution in [-0.2, 0) is 19.1 Å². The summed E-state index contributed by atoms with van der Waals surface area (Å²) in [6, 6.07) is 0. The van der Waals surface area contributed by atoms with Gasteiger partial charge in [0, 0.05) is 13.8 Å². The molecule has 0 aromatic heterocycles. The highest BCUT2D eigenvalue weighted by atomic mass is 16.6. The average Bonchev–Trinajstić information content (AvgIpc) is 2.20. The van der Waals surface area contributed by atoms with Crippen molar-refractivity contribution in [3.8, 4) is 12.3 Å². The molecule has 0 radical (unpaired) electrons. The van der Waals surface area contributed by atoms with Crippen LogP contribution < -0.4 is 0 Å². The van der Waals surface area contributed by atoms with Crippen LogP contribution in [0.5, 0.6) is 0 Å². The number of rotatable bonds is 5. The number of ether oxygens (including phenoxy) is 2. The molecule has 6 heteroatoms. The Morgan fingerprint density at radius 3 is 2.12 bits per heavy atom. The van der Waals surface area contributed by atoms with Gasteiger partial charge in [0.2, 0.25) is 0 Å². The molecule has 0 aromatic carbocycles. The quantitative estimate of drug-likeness (QED) is 0.457. The molecule has 0 heterocycles. The summed E-state index contributed by atoms with van der Waals surface area (Å²) in [4.78, 5) is 21.3. The van der Waals surface area contributed by atoms with Gasteiger partial charge >= 0.3 is 11.9 Å². The highest BCUT2D eigenvalue weighted by Crippen LogP contribution is 2.08. The van der Waals surface area contributed by atoms with Crippen molar-refractivity contribution >= 4 is 11.9 Å². The summed E-state index contributed by atoms with van der Waals surface area (Å²) in [5, 5.41) is 18.5. The first-order chi connectivity index (χ1) is 7.42. The van der Waals surface area contributed by atoms with Crippen LogP contribution in [0.2, 0.25) is 0 Å². The van der Waals surface area contributed by atoms with Crippen molar-refractivity contribution in [3.63, 3.8) is 0 Å². The van der Waals surface area contributed by atoms with Crippen molar-refractivity contribution in [1.82, 2.24) is 0 Å². The first-order valence-corrected chi connectivity index (χ1v) is 4.51. The number of hydrogen-bond acceptors (Lipinski definition) is 6. The van der Waals surface area contributed by atoms with Gasteiger partial charge in [0.15, 0.2) is 12.2 Å². The van der Waals surface area contributed by atoms with Crippen molar-refractivity contribution in [2.75, 3.05) is 6.61 Å². The summed E-state index contributed by atoms with van der Waals surface area (Å²) >= 11 is 0. The van der Waals surface area contributed by atoms with Crippen molar-refractivity contribution in [3.05, 3.63) is 0 Å². The summed E-state index contributed by atoms with van der Waals surface area (Å²) in [5.41, 5.74) is 0. The minimum absolute atomic E-state index is 0.625. The topological polar surface area (TPSA) is 93.1 Å². The molecule has 2 N–H and O–H groups in total. The molecule has 0 saturated heterocycles. The first-order valence-electron chi connectivity index (χ1n) is 4.51. The molecular weight excluding hydrogens is 216 g/mol. The van der Waals surface area contributed by atoms with Crippen LogP contribution in [0.15, 0.2) is 0 Å². The summed E-state index contributed by atoms with van der Waals surface area (Å²) in [7, 11) is 0. The Morgan fingerprint density at radius 1 is 1.31 bits per heavy atom. The Hall–Kier alpha value is -1.58. The molecular formula is C10H14O6. The molecule has 0 fully saturated rings. The smallest absolute Gasteiger partial charge is 0.303 e. The third-order valence-corrected chi connectivity index (χ3v) is 1.65. The number of aliphatic hydroxyl groups excluding tert-OH is 2. The Kier molecular flexibility index (Phi) is 6.15. The van der Waals surface area contributed by atoms with E-state index in [0.29, 0.717) is 0 Å². The van der Waals surface area contributed by atoms with Crippen LogP contribution in [-0.4, -0.2) is 47.1 Å². The zero-order valence-corrected chi connectivity index (χ0v) is 9.04. The van der Waals surface area contributed by atoms with Gasteiger partial charge in [-0.25, -0.2) is 0 Å². The molecule has 0 aliphatic rings. The molecule has 0 aromatic rings. The van der Waals surface area contributed by atoms with Gasteiger partial charge in [-0.15, -0.1) is 6.42 Å². The van der Waals surface area contributed by atoms with E-state index >= 15 is 0 Å². The van der Waals surface area contributed by atoms with Crippen molar-refractivity contribution in [1.29, 1.82) is 0 Å². The summed E-state index contributed by atoms with van der Waals surface area (Å²) in [6.07, 6.45) is 1.07. The maximum Gasteiger partial charge on any atom is 0.303 e. The number of carbonyl (C=O) groups is 2. The van der Waals surface area contributed by atoms with E-state index in [-0.39, 0.29) is 0 Å². The van der Waals surface area contributed by atoms with E-state index in [0.717, 1.165) is 13.8 Å². The molecule has 0 bridgehead atoms. The van der Waals surface area contributed by atoms with Crippen molar-refractivity contribution in [2.24, 2.45) is 0 Å². The fourth-order valence-corrected chi connectivity index (χ4v) is 1.00. The highest BCUT2D eigenvalue weighted by Gasteiger charge is 2.30. The Bertz CT molecular complexity index is 292. The minimum atomic E-state index is -1.47. The lowest BCUT2D eigenvalue weighted by Gasteiger charge is -2.24. The third kappa shape index (κ3) is 4.77. The predicted molar refractivity (Wildman–Crippen MR) is 53.0 cm³/mol. The van der Waals surface area contributed by atoms with E-state index in [2.05, 4.69) is 9.47 Å². The zero-order chi connectivity index (χ0) is 12.7. The van der Waals surface area contributed by atoms with Crippen molar-refractivity contribution < 1.29 is 29.3 Å². The molecule has 0 rings (SSSR count). The lowest BCUT2D eigenvalue weighted by molar-refractivity contribution is -0.166. The van der Waals surface area contributed by atoms with E-state index in [4.69, 9.17) is 11.5 Å². The number of esters is 2. The van der Waals surface area contributed by atoms with Gasteiger partial charge in [0.1, 0.15) is 6.10 Å². The van der Waals surface area contributed by atoms with Gasteiger partial charge in [0.05, 0.1) is 6.61 Å². The zero-order valence-electron chi connectivity index (χ0n) is 9.04. The maximum absolute atomic E-state index is 10.7. The molecule has 0 spiro atoms. The SMILES string of the molecule is C#C[C@H](OC(C)=O)[C@H](O)[C@@H](CO)OC(C)=O.